The normalized spacial score (nSPS) is 13.0. The quantitative estimate of drug-likeness (QED) is 0.0730. The lowest BCUT2D eigenvalue weighted by atomic mass is 9.83. The summed E-state index contributed by atoms with van der Waals surface area (Å²) < 4.78 is 33.3. The second-order valence-corrected chi connectivity index (χ2v) is 22.7. The molecule has 64 heavy (non-hydrogen) atoms. The van der Waals surface area contributed by atoms with Gasteiger partial charge >= 0.3 is 35.8 Å². The van der Waals surface area contributed by atoms with Crippen molar-refractivity contribution in [3.05, 3.63) is 0 Å². The predicted molar refractivity (Wildman–Crippen MR) is 241 cm³/mol. The molecule has 0 rings (SSSR count). The van der Waals surface area contributed by atoms with E-state index in [1.54, 1.807) is 125 Å². The Kier molecular flexibility index (Phi) is 22.7. The highest BCUT2D eigenvalue weighted by molar-refractivity contribution is 5.85. The average Bonchev–Trinajstić information content (AvgIpc) is 3.04. The molecule has 370 valence electrons. The van der Waals surface area contributed by atoms with Crippen LogP contribution in [0.25, 0.3) is 0 Å². The van der Waals surface area contributed by atoms with Crippen LogP contribution >= 0.6 is 0 Å². The maximum Gasteiger partial charge on any atom is 0.306 e. The van der Waals surface area contributed by atoms with E-state index in [4.69, 9.17) is 28.4 Å². The van der Waals surface area contributed by atoms with E-state index in [-0.39, 0.29) is 89.9 Å². The van der Waals surface area contributed by atoms with E-state index in [0.29, 0.717) is 0 Å². The van der Waals surface area contributed by atoms with Gasteiger partial charge in [0.15, 0.2) is 0 Å². The summed E-state index contributed by atoms with van der Waals surface area (Å²) in [6.45, 7) is 31.0. The lowest BCUT2D eigenvalue weighted by molar-refractivity contribution is -0.158. The molecular formula is C48H84N2O14. The van der Waals surface area contributed by atoms with Crippen LogP contribution in [0, 0.1) is 0 Å². The molecule has 0 heterocycles. The molecule has 0 saturated carbocycles. The molecule has 0 aliphatic rings. The van der Waals surface area contributed by atoms with Gasteiger partial charge in [0.05, 0.1) is 0 Å². The van der Waals surface area contributed by atoms with Gasteiger partial charge in [0.25, 0.3) is 0 Å². The molecule has 0 saturated heterocycles. The number of carbonyl (C=O) groups excluding carboxylic acids is 8. The fourth-order valence-electron chi connectivity index (χ4n) is 6.47. The van der Waals surface area contributed by atoms with Crippen LogP contribution < -0.4 is 10.6 Å². The Balaban J connectivity index is 6.88. The lowest BCUT2D eigenvalue weighted by Gasteiger charge is -2.36. The zero-order valence-electron chi connectivity index (χ0n) is 42.6. The van der Waals surface area contributed by atoms with Gasteiger partial charge in [0.1, 0.15) is 33.6 Å². The van der Waals surface area contributed by atoms with Crippen molar-refractivity contribution in [1.82, 2.24) is 10.6 Å². The zero-order chi connectivity index (χ0) is 50.2. The van der Waals surface area contributed by atoms with Gasteiger partial charge in [-0.15, -0.1) is 0 Å². The minimum atomic E-state index is -1.32. The first-order valence-electron chi connectivity index (χ1n) is 22.5. The first-order valence-corrected chi connectivity index (χ1v) is 22.5. The Bertz CT molecular complexity index is 1320. The number of carbonyl (C=O) groups is 8. The molecular weight excluding hydrogens is 829 g/mol. The number of amides is 2. The van der Waals surface area contributed by atoms with E-state index in [2.05, 4.69) is 10.6 Å². The van der Waals surface area contributed by atoms with E-state index < -0.39 is 92.3 Å². The summed E-state index contributed by atoms with van der Waals surface area (Å²) in [7, 11) is 0. The van der Waals surface area contributed by atoms with Crippen LogP contribution in [0.3, 0.4) is 0 Å². The standard InChI is InChI=1S/C48H84N2O14/c1-41(2,3)59-35(53)21-27-47(28-22-36(54)60-42(4,5)6,29-23-37(55)61-43(7,8)9)49-33(51)19-20-34(52)50-48(30-24-38(56)62-44(10,11)12,31-25-39(57)63-45(13,14)15)32-26-40(58)64-46(16,17)18/h19-32H2,1-18H3,(H,49,51)(H,50,52). The van der Waals surface area contributed by atoms with E-state index in [9.17, 15) is 38.4 Å². The van der Waals surface area contributed by atoms with Crippen molar-refractivity contribution < 1.29 is 66.8 Å². The average molecular weight is 913 g/mol. The Morgan fingerprint density at radius 2 is 0.406 bits per heavy atom. The minimum Gasteiger partial charge on any atom is -0.460 e. The van der Waals surface area contributed by atoms with Crippen molar-refractivity contribution in [2.45, 2.75) is 259 Å². The van der Waals surface area contributed by atoms with Crippen LogP contribution in [-0.2, 0) is 66.8 Å². The summed E-state index contributed by atoms with van der Waals surface area (Å²) >= 11 is 0. The molecule has 0 fully saturated rings. The summed E-state index contributed by atoms with van der Waals surface area (Å²) in [5, 5.41) is 5.93. The van der Waals surface area contributed by atoms with Gasteiger partial charge in [-0.05, 0) is 163 Å². The predicted octanol–water partition coefficient (Wildman–Crippen LogP) is 8.21. The summed E-state index contributed by atoms with van der Waals surface area (Å²) in [4.78, 5) is 106. The van der Waals surface area contributed by atoms with Gasteiger partial charge in [0.2, 0.25) is 11.8 Å². The largest absolute Gasteiger partial charge is 0.460 e. The highest BCUT2D eigenvalue weighted by atomic mass is 16.6. The highest BCUT2D eigenvalue weighted by Gasteiger charge is 2.38. The van der Waals surface area contributed by atoms with Crippen LogP contribution in [-0.4, -0.2) is 92.3 Å². The Hall–Kier alpha value is -4.24. The molecule has 16 nitrogen and oxygen atoms in total. The number of ether oxygens (including phenoxy) is 6. The second kappa shape index (κ2) is 24.3. The maximum absolute atomic E-state index is 14.0. The van der Waals surface area contributed by atoms with E-state index in [0.717, 1.165) is 0 Å². The van der Waals surface area contributed by atoms with Crippen LogP contribution in [0.15, 0.2) is 0 Å². The Morgan fingerprint density at radius 3 is 0.531 bits per heavy atom. The third-order valence-electron chi connectivity index (χ3n) is 8.75. The van der Waals surface area contributed by atoms with Gasteiger partial charge in [-0.2, -0.15) is 0 Å². The molecule has 0 radical (unpaired) electrons. The fourth-order valence-corrected chi connectivity index (χ4v) is 6.47. The number of hydrogen-bond acceptors (Lipinski definition) is 14. The zero-order valence-corrected chi connectivity index (χ0v) is 42.6. The van der Waals surface area contributed by atoms with Crippen LogP contribution in [0.2, 0.25) is 0 Å². The van der Waals surface area contributed by atoms with Crippen molar-refractivity contribution >= 4 is 47.6 Å². The van der Waals surface area contributed by atoms with Gasteiger partial charge in [-0.25, -0.2) is 0 Å². The number of hydrogen-bond donors (Lipinski definition) is 2. The monoisotopic (exact) mass is 913 g/mol. The SMILES string of the molecule is CC(C)(C)OC(=O)CCC(CCC(=O)OC(C)(C)C)(CCC(=O)OC(C)(C)C)NC(=O)CCC(=O)NC(CCC(=O)OC(C)(C)C)(CCC(=O)OC(C)(C)C)CCC(=O)OC(C)(C)C. The summed E-state index contributed by atoms with van der Waals surface area (Å²) in [6.07, 6.45) is -1.89. The molecule has 0 aromatic rings. The third kappa shape index (κ3) is 31.6. The molecule has 2 amide bonds. The van der Waals surface area contributed by atoms with E-state index >= 15 is 0 Å². The van der Waals surface area contributed by atoms with E-state index in [1.807, 2.05) is 0 Å². The van der Waals surface area contributed by atoms with Crippen molar-refractivity contribution in [2.24, 2.45) is 0 Å². The molecule has 0 aromatic carbocycles. The highest BCUT2D eigenvalue weighted by Crippen LogP contribution is 2.31. The van der Waals surface area contributed by atoms with Gasteiger partial charge in [-0.1, -0.05) is 0 Å². The molecule has 2 N–H and O–H groups in total. The molecule has 0 aliphatic heterocycles. The Morgan fingerprint density at radius 1 is 0.266 bits per heavy atom. The molecule has 0 unspecified atom stereocenters. The minimum absolute atomic E-state index is 0.0193. The Labute approximate surface area is 383 Å². The van der Waals surface area contributed by atoms with Gasteiger partial charge in [0, 0.05) is 62.4 Å². The second-order valence-electron chi connectivity index (χ2n) is 22.7. The summed E-state index contributed by atoms with van der Waals surface area (Å²) in [6, 6.07) is 0. The van der Waals surface area contributed by atoms with Crippen LogP contribution in [0.1, 0.15) is 215 Å². The number of nitrogens with one attached hydrogen (secondary N) is 2. The molecule has 0 aliphatic carbocycles. The van der Waals surface area contributed by atoms with Crippen molar-refractivity contribution in [3.8, 4) is 0 Å². The van der Waals surface area contributed by atoms with Crippen LogP contribution in [0.5, 0.6) is 0 Å². The molecule has 0 atom stereocenters. The topological polar surface area (TPSA) is 216 Å². The van der Waals surface area contributed by atoms with Crippen LogP contribution in [0.4, 0.5) is 0 Å². The number of esters is 6. The smallest absolute Gasteiger partial charge is 0.306 e. The maximum atomic E-state index is 14.0. The lowest BCUT2D eigenvalue weighted by Crippen LogP contribution is -2.51. The fraction of sp³-hybridized carbons (Fsp3) is 0.833. The summed E-state index contributed by atoms with van der Waals surface area (Å²) in [5.41, 5.74) is -7.45. The first kappa shape index (κ1) is 59.8. The molecule has 0 aromatic heterocycles. The molecule has 0 spiro atoms. The van der Waals surface area contributed by atoms with Crippen molar-refractivity contribution in [1.29, 1.82) is 0 Å². The van der Waals surface area contributed by atoms with Crippen molar-refractivity contribution in [2.75, 3.05) is 0 Å². The van der Waals surface area contributed by atoms with Gasteiger partial charge < -0.3 is 39.1 Å². The first-order chi connectivity index (χ1) is 28.6. The summed E-state index contributed by atoms with van der Waals surface area (Å²) in [5.74, 6) is -4.56. The van der Waals surface area contributed by atoms with Crippen molar-refractivity contribution in [3.63, 3.8) is 0 Å². The molecule has 16 heteroatoms. The number of rotatable bonds is 23. The third-order valence-corrected chi connectivity index (χ3v) is 8.75. The van der Waals surface area contributed by atoms with E-state index in [1.165, 1.54) is 0 Å². The van der Waals surface area contributed by atoms with Gasteiger partial charge in [-0.3, -0.25) is 38.4 Å². The molecule has 0 bridgehead atoms.